The smallest absolute Gasteiger partial charge is 0.300 e. The standard InChI is InChI=1S/C26H22ClNO6/c1-14-12-16(6-10-20(14)33-2)24(30)22-23(15-4-8-18(29)9-5-15)28(26(32)25(22)31)17-7-11-21(34-3)19(27)13-17/h4-13,23,29-30H,1-3H3/b24-22+. The number of ether oxygens (including phenoxy) is 2. The Labute approximate surface area is 201 Å². The van der Waals surface area contributed by atoms with Crippen LogP contribution in [0, 0.1) is 6.92 Å². The monoisotopic (exact) mass is 479 g/mol. The fraction of sp³-hybridized carbons (Fsp3) is 0.154. The number of hydrogen-bond donors (Lipinski definition) is 2. The summed E-state index contributed by atoms with van der Waals surface area (Å²) in [7, 11) is 3.01. The molecule has 8 heteroatoms. The van der Waals surface area contributed by atoms with E-state index in [-0.39, 0.29) is 22.1 Å². The molecule has 1 heterocycles. The number of rotatable bonds is 5. The second kappa shape index (κ2) is 9.11. The second-order valence-electron chi connectivity index (χ2n) is 7.76. The Bertz CT molecular complexity index is 1320. The number of phenols is 1. The summed E-state index contributed by atoms with van der Waals surface area (Å²) in [5, 5.41) is 21.3. The zero-order chi connectivity index (χ0) is 24.6. The maximum absolute atomic E-state index is 13.2. The van der Waals surface area contributed by atoms with Gasteiger partial charge < -0.3 is 19.7 Å². The number of carbonyl (C=O) groups excluding carboxylic acids is 2. The van der Waals surface area contributed by atoms with Crippen molar-refractivity contribution >= 4 is 34.7 Å². The Kier molecular flexibility index (Phi) is 6.22. The highest BCUT2D eigenvalue weighted by Gasteiger charge is 2.47. The van der Waals surface area contributed by atoms with Crippen molar-refractivity contribution in [2.24, 2.45) is 0 Å². The zero-order valence-electron chi connectivity index (χ0n) is 18.7. The van der Waals surface area contributed by atoms with Crippen molar-refractivity contribution in [2.45, 2.75) is 13.0 Å². The molecule has 1 aliphatic heterocycles. The Morgan fingerprint density at radius 1 is 0.941 bits per heavy atom. The summed E-state index contributed by atoms with van der Waals surface area (Å²) in [4.78, 5) is 27.7. The molecule has 0 spiro atoms. The molecule has 1 atom stereocenters. The van der Waals surface area contributed by atoms with Crippen LogP contribution in [-0.2, 0) is 9.59 Å². The van der Waals surface area contributed by atoms with Crippen molar-refractivity contribution < 1.29 is 29.3 Å². The molecule has 1 aliphatic rings. The van der Waals surface area contributed by atoms with Gasteiger partial charge in [-0.2, -0.15) is 0 Å². The molecule has 2 N–H and O–H groups in total. The first-order valence-corrected chi connectivity index (χ1v) is 10.7. The third-order valence-electron chi connectivity index (χ3n) is 5.74. The van der Waals surface area contributed by atoms with Gasteiger partial charge in [0.1, 0.15) is 23.0 Å². The lowest BCUT2D eigenvalue weighted by Crippen LogP contribution is -2.29. The average molecular weight is 480 g/mol. The minimum absolute atomic E-state index is 0.0268. The number of phenolic OH excluding ortho intramolecular Hbond substituents is 1. The minimum atomic E-state index is -0.951. The van der Waals surface area contributed by atoms with E-state index in [9.17, 15) is 19.8 Å². The predicted octanol–water partition coefficient (Wildman–Crippen LogP) is 5.00. The van der Waals surface area contributed by atoms with Gasteiger partial charge in [-0.3, -0.25) is 14.5 Å². The van der Waals surface area contributed by atoms with E-state index >= 15 is 0 Å². The molecule has 0 bridgehead atoms. The number of carbonyl (C=O) groups is 2. The van der Waals surface area contributed by atoms with Gasteiger partial charge in [-0.25, -0.2) is 0 Å². The van der Waals surface area contributed by atoms with E-state index in [0.29, 0.717) is 28.3 Å². The summed E-state index contributed by atoms with van der Waals surface area (Å²) in [6.45, 7) is 1.81. The molecule has 0 aromatic heterocycles. The van der Waals surface area contributed by atoms with Crippen LogP contribution in [0.2, 0.25) is 5.02 Å². The molecule has 1 saturated heterocycles. The minimum Gasteiger partial charge on any atom is -0.508 e. The van der Waals surface area contributed by atoms with Crippen molar-refractivity contribution in [3.05, 3.63) is 87.9 Å². The molecule has 34 heavy (non-hydrogen) atoms. The lowest BCUT2D eigenvalue weighted by atomic mass is 9.94. The first kappa shape index (κ1) is 23.2. The summed E-state index contributed by atoms with van der Waals surface area (Å²) in [5.41, 5.74) is 1.93. The molecule has 4 rings (SSSR count). The Hall–Kier alpha value is -3.97. The van der Waals surface area contributed by atoms with Crippen LogP contribution < -0.4 is 14.4 Å². The molecular formula is C26H22ClNO6. The van der Waals surface area contributed by atoms with Crippen LogP contribution in [0.3, 0.4) is 0 Å². The molecule has 3 aromatic carbocycles. The van der Waals surface area contributed by atoms with E-state index in [1.807, 2.05) is 6.92 Å². The van der Waals surface area contributed by atoms with Gasteiger partial charge in [-0.05, 0) is 66.6 Å². The van der Waals surface area contributed by atoms with Gasteiger partial charge in [0, 0.05) is 11.3 Å². The number of aliphatic hydroxyl groups excluding tert-OH is 1. The highest BCUT2D eigenvalue weighted by molar-refractivity contribution is 6.51. The van der Waals surface area contributed by atoms with Crippen LogP contribution in [0.1, 0.15) is 22.7 Å². The van der Waals surface area contributed by atoms with Crippen molar-refractivity contribution in [3.63, 3.8) is 0 Å². The molecule has 0 aliphatic carbocycles. The number of Topliss-reactive ketones (excluding diaryl/α,β-unsaturated/α-hetero) is 1. The number of methoxy groups -OCH3 is 2. The average Bonchev–Trinajstić information content (AvgIpc) is 3.09. The number of ketones is 1. The first-order chi connectivity index (χ1) is 16.3. The number of aryl methyl sites for hydroxylation is 1. The van der Waals surface area contributed by atoms with Gasteiger partial charge in [0.25, 0.3) is 11.7 Å². The quantitative estimate of drug-likeness (QED) is 0.304. The Balaban J connectivity index is 1.93. The normalized spacial score (nSPS) is 17.2. The molecule has 1 fully saturated rings. The maximum Gasteiger partial charge on any atom is 0.300 e. The summed E-state index contributed by atoms with van der Waals surface area (Å²) in [6, 6.07) is 14.8. The lowest BCUT2D eigenvalue weighted by molar-refractivity contribution is -0.132. The van der Waals surface area contributed by atoms with Gasteiger partial charge in [-0.1, -0.05) is 23.7 Å². The molecule has 0 radical (unpaired) electrons. The van der Waals surface area contributed by atoms with Gasteiger partial charge in [-0.15, -0.1) is 0 Å². The molecule has 3 aromatic rings. The van der Waals surface area contributed by atoms with Crippen molar-refractivity contribution in [1.82, 2.24) is 0 Å². The van der Waals surface area contributed by atoms with E-state index in [0.717, 1.165) is 5.56 Å². The van der Waals surface area contributed by atoms with E-state index in [1.165, 1.54) is 37.3 Å². The molecule has 7 nitrogen and oxygen atoms in total. The topological polar surface area (TPSA) is 96.3 Å². The molecule has 1 unspecified atom stereocenters. The summed E-state index contributed by atoms with van der Waals surface area (Å²) in [5.74, 6) is -0.901. The lowest BCUT2D eigenvalue weighted by Gasteiger charge is -2.26. The van der Waals surface area contributed by atoms with E-state index in [4.69, 9.17) is 21.1 Å². The SMILES string of the molecule is COc1ccc(/C(O)=C2\C(=O)C(=O)N(c3ccc(OC)c(Cl)c3)C2c2ccc(O)cc2)cc1C. The highest BCUT2D eigenvalue weighted by Crippen LogP contribution is 2.44. The van der Waals surface area contributed by atoms with Gasteiger partial charge >= 0.3 is 0 Å². The molecule has 0 saturated carbocycles. The largest absolute Gasteiger partial charge is 0.508 e. The fourth-order valence-corrected chi connectivity index (χ4v) is 4.31. The van der Waals surface area contributed by atoms with Crippen molar-refractivity contribution in [3.8, 4) is 17.2 Å². The molecule has 174 valence electrons. The zero-order valence-corrected chi connectivity index (χ0v) is 19.5. The Morgan fingerprint density at radius 2 is 1.59 bits per heavy atom. The third kappa shape index (κ3) is 3.95. The van der Waals surface area contributed by atoms with Crippen LogP contribution in [-0.4, -0.2) is 36.1 Å². The number of anilines is 1. The number of amides is 1. The third-order valence-corrected chi connectivity index (χ3v) is 6.03. The van der Waals surface area contributed by atoms with E-state index in [2.05, 4.69) is 0 Å². The number of aromatic hydroxyl groups is 1. The first-order valence-electron chi connectivity index (χ1n) is 10.3. The summed E-state index contributed by atoms with van der Waals surface area (Å²) in [6.07, 6.45) is 0. The second-order valence-corrected chi connectivity index (χ2v) is 8.17. The fourth-order valence-electron chi connectivity index (χ4n) is 4.06. The maximum atomic E-state index is 13.2. The number of aliphatic hydroxyl groups is 1. The van der Waals surface area contributed by atoms with Crippen molar-refractivity contribution in [1.29, 1.82) is 0 Å². The van der Waals surface area contributed by atoms with E-state index in [1.54, 1.807) is 42.5 Å². The van der Waals surface area contributed by atoms with Crippen LogP contribution in [0.15, 0.2) is 66.2 Å². The molecule has 1 amide bonds. The predicted molar refractivity (Wildman–Crippen MR) is 129 cm³/mol. The van der Waals surface area contributed by atoms with Crippen LogP contribution in [0.4, 0.5) is 5.69 Å². The highest BCUT2D eigenvalue weighted by atomic mass is 35.5. The Morgan fingerprint density at radius 3 is 2.18 bits per heavy atom. The summed E-state index contributed by atoms with van der Waals surface area (Å²) < 4.78 is 10.5. The molecular weight excluding hydrogens is 458 g/mol. The van der Waals surface area contributed by atoms with Gasteiger partial charge in [0.2, 0.25) is 0 Å². The van der Waals surface area contributed by atoms with E-state index < -0.39 is 17.7 Å². The van der Waals surface area contributed by atoms with Crippen molar-refractivity contribution in [2.75, 3.05) is 19.1 Å². The van der Waals surface area contributed by atoms with Gasteiger partial charge in [0.05, 0.1) is 30.9 Å². The number of halogens is 1. The van der Waals surface area contributed by atoms with Crippen LogP contribution >= 0.6 is 11.6 Å². The number of nitrogens with zero attached hydrogens (tertiary/aromatic N) is 1. The number of hydrogen-bond acceptors (Lipinski definition) is 6. The van der Waals surface area contributed by atoms with Crippen LogP contribution in [0.25, 0.3) is 5.76 Å². The van der Waals surface area contributed by atoms with Gasteiger partial charge in [0.15, 0.2) is 0 Å². The van der Waals surface area contributed by atoms with Crippen LogP contribution in [0.5, 0.6) is 17.2 Å². The summed E-state index contributed by atoms with van der Waals surface area (Å²) >= 11 is 6.29. The number of benzene rings is 3.